The number of benzene rings is 2. The van der Waals surface area contributed by atoms with Gasteiger partial charge in [-0.15, -0.1) is 11.3 Å². The SMILES string of the molecule is Cc1sc2ncnc(N(CCc3ccccc3)Cc3ccccc3)c2c1C. The molecule has 3 nitrogen and oxygen atoms in total. The van der Waals surface area contributed by atoms with Gasteiger partial charge in [0, 0.05) is 18.0 Å². The molecule has 4 aromatic rings. The van der Waals surface area contributed by atoms with Crippen LogP contribution in [-0.2, 0) is 13.0 Å². The highest BCUT2D eigenvalue weighted by molar-refractivity contribution is 7.18. The van der Waals surface area contributed by atoms with Crippen LogP contribution in [0.15, 0.2) is 67.0 Å². The number of rotatable bonds is 6. The molecule has 0 saturated heterocycles. The van der Waals surface area contributed by atoms with Gasteiger partial charge in [-0.05, 0) is 37.0 Å². The Morgan fingerprint density at radius 3 is 2.22 bits per heavy atom. The van der Waals surface area contributed by atoms with Crippen LogP contribution < -0.4 is 4.90 Å². The molecule has 0 bridgehead atoms. The van der Waals surface area contributed by atoms with Gasteiger partial charge in [-0.3, -0.25) is 0 Å². The van der Waals surface area contributed by atoms with Gasteiger partial charge < -0.3 is 4.90 Å². The second-order valence-corrected chi connectivity index (χ2v) is 8.01. The van der Waals surface area contributed by atoms with Crippen LogP contribution in [0.4, 0.5) is 5.82 Å². The van der Waals surface area contributed by atoms with Crippen LogP contribution in [0.1, 0.15) is 21.6 Å². The first-order chi connectivity index (χ1) is 13.2. The molecule has 0 N–H and O–H groups in total. The van der Waals surface area contributed by atoms with E-state index in [9.17, 15) is 0 Å². The Morgan fingerprint density at radius 1 is 0.852 bits per heavy atom. The lowest BCUT2D eigenvalue weighted by Gasteiger charge is -2.25. The number of aromatic nitrogens is 2. The fourth-order valence-corrected chi connectivity index (χ4v) is 4.37. The third-order valence-corrected chi connectivity index (χ3v) is 6.09. The van der Waals surface area contributed by atoms with Crippen LogP contribution in [0.5, 0.6) is 0 Å². The van der Waals surface area contributed by atoms with Crippen LogP contribution in [-0.4, -0.2) is 16.5 Å². The van der Waals surface area contributed by atoms with Crippen LogP contribution in [0.2, 0.25) is 0 Å². The molecule has 27 heavy (non-hydrogen) atoms. The number of hydrogen-bond acceptors (Lipinski definition) is 4. The van der Waals surface area contributed by atoms with E-state index in [1.165, 1.54) is 27.0 Å². The van der Waals surface area contributed by atoms with Gasteiger partial charge in [0.2, 0.25) is 0 Å². The fourth-order valence-electron chi connectivity index (χ4n) is 3.38. The van der Waals surface area contributed by atoms with E-state index in [1.54, 1.807) is 17.7 Å². The molecule has 0 aliphatic heterocycles. The molecule has 0 radical (unpaired) electrons. The molecule has 2 heterocycles. The maximum Gasteiger partial charge on any atom is 0.141 e. The van der Waals surface area contributed by atoms with Gasteiger partial charge in [-0.1, -0.05) is 60.7 Å². The van der Waals surface area contributed by atoms with Gasteiger partial charge in [-0.25, -0.2) is 9.97 Å². The minimum Gasteiger partial charge on any atom is -0.351 e. The first kappa shape index (κ1) is 17.7. The maximum absolute atomic E-state index is 4.71. The molecule has 0 aliphatic carbocycles. The van der Waals surface area contributed by atoms with Crippen molar-refractivity contribution in [2.45, 2.75) is 26.8 Å². The largest absolute Gasteiger partial charge is 0.351 e. The minimum atomic E-state index is 0.841. The van der Waals surface area contributed by atoms with Crippen molar-refractivity contribution in [2.75, 3.05) is 11.4 Å². The second kappa shape index (κ2) is 7.89. The molecule has 136 valence electrons. The molecular formula is C23H23N3S. The van der Waals surface area contributed by atoms with Gasteiger partial charge in [0.25, 0.3) is 0 Å². The van der Waals surface area contributed by atoms with Crippen molar-refractivity contribution in [3.8, 4) is 0 Å². The maximum atomic E-state index is 4.71. The highest BCUT2D eigenvalue weighted by Crippen LogP contribution is 2.34. The molecule has 0 atom stereocenters. The van der Waals surface area contributed by atoms with Crippen molar-refractivity contribution in [3.05, 3.63) is 88.6 Å². The first-order valence-electron chi connectivity index (χ1n) is 9.26. The molecule has 2 aromatic heterocycles. The molecule has 0 unspecified atom stereocenters. The summed E-state index contributed by atoms with van der Waals surface area (Å²) in [4.78, 5) is 14.0. The van der Waals surface area contributed by atoms with Crippen LogP contribution in [0.3, 0.4) is 0 Å². The predicted octanol–water partition coefficient (Wildman–Crippen LogP) is 5.56. The summed E-state index contributed by atoms with van der Waals surface area (Å²) in [5, 5.41) is 1.20. The molecule has 0 aliphatic rings. The smallest absolute Gasteiger partial charge is 0.141 e. The van der Waals surface area contributed by atoms with Gasteiger partial charge in [0.15, 0.2) is 0 Å². The van der Waals surface area contributed by atoms with Crippen LogP contribution >= 0.6 is 11.3 Å². The minimum absolute atomic E-state index is 0.841. The number of thiophene rings is 1. The van der Waals surface area contributed by atoms with Gasteiger partial charge >= 0.3 is 0 Å². The molecule has 0 amide bonds. The summed E-state index contributed by atoms with van der Waals surface area (Å²) in [6.07, 6.45) is 2.69. The predicted molar refractivity (Wildman–Crippen MR) is 115 cm³/mol. The van der Waals surface area contributed by atoms with E-state index in [0.29, 0.717) is 0 Å². The Bertz CT molecular complexity index is 1030. The topological polar surface area (TPSA) is 29.0 Å². The third kappa shape index (κ3) is 3.86. The highest BCUT2D eigenvalue weighted by Gasteiger charge is 2.17. The summed E-state index contributed by atoms with van der Waals surface area (Å²) in [5.41, 5.74) is 3.93. The standard InChI is InChI=1S/C23H23N3S/c1-17-18(2)27-23-21(17)22(24-16-25-23)26(15-20-11-7-4-8-12-20)14-13-19-9-5-3-6-10-19/h3-12,16H,13-15H2,1-2H3. The summed E-state index contributed by atoms with van der Waals surface area (Å²) in [6, 6.07) is 21.3. The summed E-state index contributed by atoms with van der Waals surface area (Å²) in [6.45, 7) is 6.10. The normalized spacial score (nSPS) is 11.0. The van der Waals surface area contributed by atoms with Crippen LogP contribution in [0, 0.1) is 13.8 Å². The number of hydrogen-bond donors (Lipinski definition) is 0. The number of anilines is 1. The van der Waals surface area contributed by atoms with Crippen molar-refractivity contribution in [1.82, 2.24) is 9.97 Å². The lowest BCUT2D eigenvalue weighted by Crippen LogP contribution is -2.26. The molecule has 0 saturated carbocycles. The first-order valence-corrected chi connectivity index (χ1v) is 10.1. The monoisotopic (exact) mass is 373 g/mol. The zero-order valence-electron chi connectivity index (χ0n) is 15.7. The Balaban J connectivity index is 1.71. The highest BCUT2D eigenvalue weighted by atomic mass is 32.1. The van der Waals surface area contributed by atoms with Crippen LogP contribution in [0.25, 0.3) is 10.2 Å². The van der Waals surface area contributed by atoms with Gasteiger partial charge in [0.05, 0.1) is 5.39 Å². The van der Waals surface area contributed by atoms with E-state index >= 15 is 0 Å². The zero-order valence-corrected chi connectivity index (χ0v) is 16.5. The summed E-state index contributed by atoms with van der Waals surface area (Å²) >= 11 is 1.75. The fraction of sp³-hybridized carbons (Fsp3) is 0.217. The van der Waals surface area contributed by atoms with Crippen molar-refractivity contribution in [3.63, 3.8) is 0 Å². The lowest BCUT2D eigenvalue weighted by atomic mass is 10.1. The average molecular weight is 374 g/mol. The average Bonchev–Trinajstić information content (AvgIpc) is 3.01. The van der Waals surface area contributed by atoms with Gasteiger partial charge in [-0.2, -0.15) is 0 Å². The number of nitrogens with zero attached hydrogens (tertiary/aromatic N) is 3. The second-order valence-electron chi connectivity index (χ2n) is 6.80. The van der Waals surface area contributed by atoms with E-state index < -0.39 is 0 Å². The van der Waals surface area contributed by atoms with Crippen molar-refractivity contribution < 1.29 is 0 Å². The third-order valence-electron chi connectivity index (χ3n) is 4.97. The van der Waals surface area contributed by atoms with Crippen molar-refractivity contribution >= 4 is 27.4 Å². The summed E-state index contributed by atoms with van der Waals surface area (Å²) < 4.78 is 0. The number of fused-ring (bicyclic) bond motifs is 1. The van der Waals surface area contributed by atoms with E-state index in [1.807, 2.05) is 0 Å². The Kier molecular flexibility index (Phi) is 5.16. The molecule has 0 fully saturated rings. The zero-order chi connectivity index (χ0) is 18.6. The van der Waals surface area contributed by atoms with E-state index in [4.69, 9.17) is 4.98 Å². The van der Waals surface area contributed by atoms with E-state index in [2.05, 4.69) is 84.4 Å². The molecule has 4 rings (SSSR count). The molecule has 4 heteroatoms. The number of aryl methyl sites for hydroxylation is 2. The molecule has 0 spiro atoms. The molecule has 2 aromatic carbocycles. The molecular weight excluding hydrogens is 350 g/mol. The Morgan fingerprint density at radius 2 is 1.52 bits per heavy atom. The lowest BCUT2D eigenvalue weighted by molar-refractivity contribution is 0.771. The van der Waals surface area contributed by atoms with Gasteiger partial charge in [0.1, 0.15) is 17.0 Å². The summed E-state index contributed by atoms with van der Waals surface area (Å²) in [7, 11) is 0. The van der Waals surface area contributed by atoms with Crippen molar-refractivity contribution in [2.24, 2.45) is 0 Å². The van der Waals surface area contributed by atoms with Crippen molar-refractivity contribution in [1.29, 1.82) is 0 Å². The quantitative estimate of drug-likeness (QED) is 0.443. The van der Waals surface area contributed by atoms with E-state index in [-0.39, 0.29) is 0 Å². The Hall–Kier alpha value is -2.72. The van der Waals surface area contributed by atoms with E-state index in [0.717, 1.165) is 30.2 Å². The summed E-state index contributed by atoms with van der Waals surface area (Å²) in [5.74, 6) is 1.04. The Labute approximate surface area is 164 Å².